The molecule has 1 saturated carbocycles. The van der Waals surface area contributed by atoms with Crippen LogP contribution in [0.25, 0.3) is 0 Å². The molecule has 1 aliphatic rings. The van der Waals surface area contributed by atoms with E-state index < -0.39 is 24.7 Å². The molecule has 0 atom stereocenters. The van der Waals surface area contributed by atoms with Crippen molar-refractivity contribution in [3.05, 3.63) is 0 Å². The summed E-state index contributed by atoms with van der Waals surface area (Å²) in [5, 5.41) is 0. The van der Waals surface area contributed by atoms with Crippen molar-refractivity contribution in [1.29, 1.82) is 0 Å². The third-order valence-electron chi connectivity index (χ3n) is 2.98. The molecule has 0 saturated heterocycles. The third-order valence-corrected chi connectivity index (χ3v) is 2.98. The Labute approximate surface area is 85.8 Å². The summed E-state index contributed by atoms with van der Waals surface area (Å²) in [6, 6.07) is 0. The first-order valence-electron chi connectivity index (χ1n) is 5.00. The predicted octanol–water partition coefficient (Wildman–Crippen LogP) is 3.43. The van der Waals surface area contributed by atoms with Gasteiger partial charge in [-0.05, 0) is 38.5 Å². The Morgan fingerprint density at radius 3 is 2.13 bits per heavy atom. The molecule has 15 heavy (non-hydrogen) atoms. The Balaban J connectivity index is 2.52. The van der Waals surface area contributed by atoms with Crippen molar-refractivity contribution in [2.45, 2.75) is 50.9 Å². The number of carbonyl (C=O) groups is 1. The van der Waals surface area contributed by atoms with Gasteiger partial charge in [0, 0.05) is 6.42 Å². The molecule has 5 heteroatoms. The van der Waals surface area contributed by atoms with E-state index in [4.69, 9.17) is 0 Å². The highest BCUT2D eigenvalue weighted by atomic mass is 19.4. The van der Waals surface area contributed by atoms with Gasteiger partial charge in [0.25, 0.3) is 0 Å². The van der Waals surface area contributed by atoms with E-state index in [0.29, 0.717) is 0 Å². The largest absolute Gasteiger partial charge is 0.422 e. The minimum Gasteiger partial charge on any atom is -0.300 e. The number of hydrogen-bond donors (Lipinski definition) is 0. The summed E-state index contributed by atoms with van der Waals surface area (Å²) in [4.78, 5) is 10.8. The van der Waals surface area contributed by atoms with E-state index in [0.717, 1.165) is 0 Å². The van der Waals surface area contributed by atoms with Crippen molar-refractivity contribution in [3.8, 4) is 0 Å². The highest BCUT2D eigenvalue weighted by molar-refractivity contribution is 5.75. The lowest BCUT2D eigenvalue weighted by atomic mass is 9.78. The Kier molecular flexibility index (Phi) is 3.41. The second kappa shape index (κ2) is 4.10. The lowest BCUT2D eigenvalue weighted by Crippen LogP contribution is -2.44. The summed E-state index contributed by atoms with van der Waals surface area (Å²) in [5.74, 6) is -0.118. The summed E-state index contributed by atoms with van der Waals surface area (Å²) >= 11 is 0. The maximum absolute atomic E-state index is 13.4. The van der Waals surface area contributed by atoms with Crippen LogP contribution < -0.4 is 0 Å². The van der Waals surface area contributed by atoms with Gasteiger partial charge in [-0.3, -0.25) is 0 Å². The molecule has 1 fully saturated rings. The van der Waals surface area contributed by atoms with Crippen LogP contribution in [0.5, 0.6) is 0 Å². The van der Waals surface area contributed by atoms with E-state index >= 15 is 0 Å². The monoisotopic (exact) mass is 226 g/mol. The van der Waals surface area contributed by atoms with Crippen LogP contribution in [0.3, 0.4) is 0 Å². The van der Waals surface area contributed by atoms with Crippen molar-refractivity contribution in [3.63, 3.8) is 0 Å². The van der Waals surface area contributed by atoms with Gasteiger partial charge in [0.05, 0.1) is 0 Å². The highest BCUT2D eigenvalue weighted by Crippen LogP contribution is 2.46. The first-order valence-corrected chi connectivity index (χ1v) is 5.00. The Morgan fingerprint density at radius 1 is 1.33 bits per heavy atom. The summed E-state index contributed by atoms with van der Waals surface area (Å²) in [7, 11) is 0. The van der Waals surface area contributed by atoms with E-state index in [1.165, 1.54) is 6.92 Å². The van der Waals surface area contributed by atoms with Crippen LogP contribution >= 0.6 is 0 Å². The van der Waals surface area contributed by atoms with Gasteiger partial charge >= 0.3 is 6.18 Å². The van der Waals surface area contributed by atoms with Crippen molar-refractivity contribution in [2.24, 2.45) is 5.92 Å². The quantitative estimate of drug-likeness (QED) is 0.659. The zero-order valence-electron chi connectivity index (χ0n) is 8.53. The maximum Gasteiger partial charge on any atom is 0.422 e. The van der Waals surface area contributed by atoms with Crippen LogP contribution in [0.4, 0.5) is 17.6 Å². The number of halogens is 4. The van der Waals surface area contributed by atoms with Crippen LogP contribution in [0.1, 0.15) is 39.0 Å². The summed E-state index contributed by atoms with van der Waals surface area (Å²) < 4.78 is 50.2. The molecule has 0 aromatic heterocycles. The van der Waals surface area contributed by atoms with Crippen molar-refractivity contribution >= 4 is 5.78 Å². The Morgan fingerprint density at radius 2 is 1.80 bits per heavy atom. The number of alkyl halides is 4. The summed E-state index contributed by atoms with van der Waals surface area (Å²) in [6.07, 6.45) is -5.21. The number of Topliss-reactive ketones (excluding diaryl/α,β-unsaturated/α-hetero) is 1. The fourth-order valence-corrected chi connectivity index (χ4v) is 2.03. The van der Waals surface area contributed by atoms with E-state index in [1.54, 1.807) is 0 Å². The predicted molar refractivity (Wildman–Crippen MR) is 47.2 cm³/mol. The molecule has 1 aliphatic carbocycles. The summed E-state index contributed by atoms with van der Waals surface area (Å²) in [6.45, 7) is 1.40. The zero-order valence-corrected chi connectivity index (χ0v) is 8.53. The molecule has 0 aliphatic heterocycles. The average molecular weight is 226 g/mol. The molecule has 0 amide bonds. The number of carbonyl (C=O) groups excluding carboxylic acids is 1. The van der Waals surface area contributed by atoms with Crippen LogP contribution in [0.2, 0.25) is 0 Å². The molecule has 0 bridgehead atoms. The molecule has 0 aromatic rings. The van der Waals surface area contributed by atoms with Gasteiger partial charge in [0.1, 0.15) is 5.78 Å². The fraction of sp³-hybridized carbons (Fsp3) is 0.900. The molecule has 0 radical (unpaired) electrons. The molecule has 0 aromatic carbocycles. The number of hydrogen-bond acceptors (Lipinski definition) is 1. The molecule has 0 N–H and O–H groups in total. The van der Waals surface area contributed by atoms with Gasteiger partial charge in [0.2, 0.25) is 5.67 Å². The number of ketones is 1. The van der Waals surface area contributed by atoms with Crippen molar-refractivity contribution < 1.29 is 22.4 Å². The van der Waals surface area contributed by atoms with E-state index in [1.807, 2.05) is 0 Å². The highest BCUT2D eigenvalue weighted by Gasteiger charge is 2.56. The van der Waals surface area contributed by atoms with Crippen LogP contribution in [-0.2, 0) is 4.79 Å². The van der Waals surface area contributed by atoms with Crippen molar-refractivity contribution in [2.75, 3.05) is 0 Å². The first kappa shape index (κ1) is 12.5. The van der Waals surface area contributed by atoms with Gasteiger partial charge in [-0.2, -0.15) is 13.2 Å². The molecule has 0 heterocycles. The molecule has 1 rings (SSSR count). The molecule has 1 nitrogen and oxygen atoms in total. The molecule has 0 unspecified atom stereocenters. The maximum atomic E-state index is 13.4. The molecular weight excluding hydrogens is 212 g/mol. The van der Waals surface area contributed by atoms with Gasteiger partial charge in [-0.25, -0.2) is 4.39 Å². The second-order valence-electron chi connectivity index (χ2n) is 4.31. The lowest BCUT2D eigenvalue weighted by Gasteiger charge is -2.34. The topological polar surface area (TPSA) is 17.1 Å². The van der Waals surface area contributed by atoms with E-state index in [2.05, 4.69) is 0 Å². The van der Waals surface area contributed by atoms with E-state index in [9.17, 15) is 22.4 Å². The van der Waals surface area contributed by atoms with Crippen LogP contribution in [0, 0.1) is 5.92 Å². The van der Waals surface area contributed by atoms with Gasteiger partial charge in [-0.1, -0.05) is 0 Å². The second-order valence-corrected chi connectivity index (χ2v) is 4.31. The van der Waals surface area contributed by atoms with Crippen LogP contribution in [-0.4, -0.2) is 17.6 Å². The molecular formula is C10H14F4O. The first-order chi connectivity index (χ1) is 6.74. The standard InChI is InChI=1S/C10H14F4O/c1-7(15)6-8-2-4-9(11,5-3-8)10(12,13)14/h8H,2-6H2,1H3. The van der Waals surface area contributed by atoms with Gasteiger partial charge in [0.15, 0.2) is 0 Å². The average Bonchev–Trinajstić information content (AvgIpc) is 2.06. The normalized spacial score (nSPS) is 32.7. The minimum atomic E-state index is -4.77. The molecule has 0 spiro atoms. The van der Waals surface area contributed by atoms with Gasteiger partial charge in [-0.15, -0.1) is 0 Å². The minimum absolute atomic E-state index is 0.0432. The Hall–Kier alpha value is -0.610. The van der Waals surface area contributed by atoms with Gasteiger partial charge < -0.3 is 4.79 Å². The lowest BCUT2D eigenvalue weighted by molar-refractivity contribution is -0.241. The Bertz CT molecular complexity index is 238. The van der Waals surface area contributed by atoms with Crippen molar-refractivity contribution in [1.82, 2.24) is 0 Å². The van der Waals surface area contributed by atoms with E-state index in [-0.39, 0.29) is 31.0 Å². The molecule has 88 valence electrons. The SMILES string of the molecule is CC(=O)CC1CCC(F)(C(F)(F)F)CC1. The zero-order chi connectivity index (χ0) is 11.7. The summed E-state index contributed by atoms with van der Waals surface area (Å²) in [5.41, 5.74) is -3.03. The fourth-order valence-electron chi connectivity index (χ4n) is 2.03. The number of rotatable bonds is 2. The van der Waals surface area contributed by atoms with Crippen LogP contribution in [0.15, 0.2) is 0 Å². The third kappa shape index (κ3) is 2.92. The smallest absolute Gasteiger partial charge is 0.300 e.